The molecule has 1 aliphatic heterocycles. The van der Waals surface area contributed by atoms with Crippen LogP contribution in [0.4, 0.5) is 5.69 Å². The topological polar surface area (TPSA) is 34.4 Å². The molecule has 132 valence electrons. The summed E-state index contributed by atoms with van der Waals surface area (Å²) in [6.07, 6.45) is 4.63. The van der Waals surface area contributed by atoms with Crippen molar-refractivity contribution in [3.63, 3.8) is 0 Å². The second-order valence-corrected chi connectivity index (χ2v) is 6.01. The molecule has 5 nitrogen and oxygen atoms in total. The van der Waals surface area contributed by atoms with Crippen LogP contribution in [0, 0.1) is 0 Å². The molecule has 25 heavy (non-hydrogen) atoms. The van der Waals surface area contributed by atoms with E-state index in [1.807, 2.05) is 36.4 Å². The largest absolute Gasteiger partial charge is 0.378 e. The maximum Gasteiger partial charge on any atom is 0.134 e. The number of hydrogen-bond acceptors (Lipinski definition) is 5. The number of nitrogens with zero attached hydrogens (tertiary/aromatic N) is 5. The number of hydrazone groups is 2. The summed E-state index contributed by atoms with van der Waals surface area (Å²) in [5.74, 6) is 0. The van der Waals surface area contributed by atoms with Crippen LogP contribution in [0.2, 0.25) is 0 Å². The zero-order valence-electron chi connectivity index (χ0n) is 14.6. The van der Waals surface area contributed by atoms with E-state index in [0.717, 1.165) is 18.5 Å². The summed E-state index contributed by atoms with van der Waals surface area (Å²) in [4.78, 5) is 2.08. The lowest BCUT2D eigenvalue weighted by molar-refractivity contribution is 0.242. The molecule has 0 saturated heterocycles. The van der Waals surface area contributed by atoms with E-state index in [0.29, 0.717) is 6.67 Å². The molecule has 3 rings (SSSR count). The smallest absolute Gasteiger partial charge is 0.134 e. The monoisotopic (exact) mass is 401 g/mol. The molecule has 0 atom stereocenters. The molecule has 1 heterocycles. The van der Waals surface area contributed by atoms with Gasteiger partial charge in [-0.1, -0.05) is 42.5 Å². The van der Waals surface area contributed by atoms with E-state index in [1.165, 1.54) is 11.3 Å². The predicted octanol–water partition coefficient (Wildman–Crippen LogP) is 3.43. The Morgan fingerprint density at radius 1 is 1.08 bits per heavy atom. The van der Waals surface area contributed by atoms with Gasteiger partial charge in [-0.05, 0) is 29.7 Å². The molecule has 6 heteroatoms. The Labute approximate surface area is 160 Å². The molecule has 0 N–H and O–H groups in total. The van der Waals surface area contributed by atoms with E-state index in [9.17, 15) is 0 Å². The zero-order valence-corrected chi connectivity index (χ0v) is 16.3. The maximum atomic E-state index is 4.48. The third kappa shape index (κ3) is 5.60. The van der Waals surface area contributed by atoms with Crippen molar-refractivity contribution in [2.24, 2.45) is 10.2 Å². The Balaban J connectivity index is 0.00000225. The molecule has 0 bridgehead atoms. The first-order chi connectivity index (χ1) is 11.7. The Hall–Kier alpha value is -2.34. The Morgan fingerprint density at radius 3 is 2.48 bits per heavy atom. The molecule has 0 radical (unpaired) electrons. The minimum absolute atomic E-state index is 0. The van der Waals surface area contributed by atoms with Gasteiger partial charge in [-0.2, -0.15) is 10.2 Å². The molecule has 2 aromatic rings. The first-order valence-corrected chi connectivity index (χ1v) is 8.12. The number of rotatable bonds is 6. The Morgan fingerprint density at radius 2 is 1.80 bits per heavy atom. The lowest BCUT2D eigenvalue weighted by atomic mass is 10.1. The van der Waals surface area contributed by atoms with Crippen molar-refractivity contribution in [2.45, 2.75) is 6.42 Å². The van der Waals surface area contributed by atoms with Gasteiger partial charge in [0.2, 0.25) is 0 Å². The number of hydrogen-bond donors (Lipinski definition) is 0. The van der Waals surface area contributed by atoms with Crippen LogP contribution in [-0.2, 0) is 6.42 Å². The highest BCUT2D eigenvalue weighted by atomic mass is 79.9. The Kier molecular flexibility index (Phi) is 7.01. The quantitative estimate of drug-likeness (QED) is 0.695. The van der Waals surface area contributed by atoms with Gasteiger partial charge < -0.3 is 4.90 Å². The Bertz CT molecular complexity index is 698. The normalized spacial score (nSPS) is 13.4. The highest BCUT2D eigenvalue weighted by Crippen LogP contribution is 2.11. The third-order valence-corrected chi connectivity index (χ3v) is 3.92. The van der Waals surface area contributed by atoms with Crippen LogP contribution in [0.3, 0.4) is 0 Å². The lowest BCUT2D eigenvalue weighted by Crippen LogP contribution is -2.24. The molecule has 0 fully saturated rings. The van der Waals surface area contributed by atoms with Crippen molar-refractivity contribution in [3.05, 3.63) is 65.7 Å². The van der Waals surface area contributed by atoms with E-state index in [4.69, 9.17) is 0 Å². The van der Waals surface area contributed by atoms with Crippen molar-refractivity contribution >= 4 is 35.2 Å². The number of halogens is 1. The second kappa shape index (κ2) is 9.22. The van der Waals surface area contributed by atoms with Gasteiger partial charge in [0.25, 0.3) is 0 Å². The molecule has 1 aliphatic rings. The average molecular weight is 402 g/mol. The van der Waals surface area contributed by atoms with Gasteiger partial charge in [0.15, 0.2) is 0 Å². The van der Waals surface area contributed by atoms with E-state index in [1.54, 1.807) is 6.34 Å². The molecule has 0 spiro atoms. The van der Waals surface area contributed by atoms with Crippen LogP contribution in [0.1, 0.15) is 11.1 Å². The SMILES string of the molecule is Br.CN(C)c1ccc(C=NN2C=NN(CCc3ccccc3)C2)cc1. The van der Waals surface area contributed by atoms with Crippen molar-refractivity contribution < 1.29 is 0 Å². The molecule has 0 aromatic heterocycles. The molecule has 2 aromatic carbocycles. The van der Waals surface area contributed by atoms with Gasteiger partial charge in [-0.15, -0.1) is 17.0 Å². The molecular weight excluding hydrogens is 378 g/mol. The summed E-state index contributed by atoms with van der Waals surface area (Å²) in [6.45, 7) is 1.59. The summed E-state index contributed by atoms with van der Waals surface area (Å²) >= 11 is 0. The molecule has 0 amide bonds. The van der Waals surface area contributed by atoms with Crippen LogP contribution in [-0.4, -0.2) is 49.9 Å². The van der Waals surface area contributed by atoms with Gasteiger partial charge in [0, 0.05) is 26.3 Å². The van der Waals surface area contributed by atoms with Crippen LogP contribution in [0.5, 0.6) is 0 Å². The standard InChI is InChI=1S/C19H23N5.BrH/c1-22(2)19-10-8-18(9-11-19)14-20-24-15-21-23(16-24)13-12-17-6-4-3-5-7-17;/h3-11,14-15H,12-13,16H2,1-2H3;1H. The minimum Gasteiger partial charge on any atom is -0.378 e. The first kappa shape index (κ1) is 19.0. The lowest BCUT2D eigenvalue weighted by Gasteiger charge is -2.15. The zero-order chi connectivity index (χ0) is 16.8. The summed E-state index contributed by atoms with van der Waals surface area (Å²) in [5, 5.41) is 12.8. The van der Waals surface area contributed by atoms with Gasteiger partial charge in [0.1, 0.15) is 13.0 Å². The van der Waals surface area contributed by atoms with E-state index < -0.39 is 0 Å². The van der Waals surface area contributed by atoms with Crippen LogP contribution in [0.25, 0.3) is 0 Å². The second-order valence-electron chi connectivity index (χ2n) is 6.01. The minimum atomic E-state index is 0. The predicted molar refractivity (Wildman–Crippen MR) is 111 cm³/mol. The average Bonchev–Trinajstić information content (AvgIpc) is 3.07. The van der Waals surface area contributed by atoms with E-state index in [-0.39, 0.29) is 17.0 Å². The molecular formula is C19H24BrN5. The fourth-order valence-electron chi connectivity index (χ4n) is 2.47. The van der Waals surface area contributed by atoms with E-state index in [2.05, 4.69) is 63.6 Å². The number of anilines is 1. The maximum absolute atomic E-state index is 4.48. The fourth-order valence-corrected chi connectivity index (χ4v) is 2.47. The van der Waals surface area contributed by atoms with E-state index >= 15 is 0 Å². The van der Waals surface area contributed by atoms with Gasteiger partial charge in [-0.25, -0.2) is 5.01 Å². The van der Waals surface area contributed by atoms with Crippen LogP contribution >= 0.6 is 17.0 Å². The summed E-state index contributed by atoms with van der Waals surface area (Å²) in [5.41, 5.74) is 3.59. The number of benzene rings is 2. The molecule has 0 aliphatic carbocycles. The van der Waals surface area contributed by atoms with Crippen LogP contribution < -0.4 is 4.90 Å². The van der Waals surface area contributed by atoms with Crippen molar-refractivity contribution in [2.75, 3.05) is 32.2 Å². The third-order valence-electron chi connectivity index (χ3n) is 3.92. The van der Waals surface area contributed by atoms with Crippen molar-refractivity contribution in [1.82, 2.24) is 10.0 Å². The molecule has 0 unspecified atom stereocenters. The highest BCUT2D eigenvalue weighted by molar-refractivity contribution is 8.93. The summed E-state index contributed by atoms with van der Waals surface area (Å²) in [7, 11) is 4.07. The van der Waals surface area contributed by atoms with Gasteiger partial charge in [-0.3, -0.25) is 5.01 Å². The van der Waals surface area contributed by atoms with Crippen LogP contribution in [0.15, 0.2) is 64.8 Å². The van der Waals surface area contributed by atoms with Crippen molar-refractivity contribution in [1.29, 1.82) is 0 Å². The molecule has 0 saturated carbocycles. The van der Waals surface area contributed by atoms with Gasteiger partial charge >= 0.3 is 0 Å². The fraction of sp³-hybridized carbons (Fsp3) is 0.263. The first-order valence-electron chi connectivity index (χ1n) is 8.12. The summed E-state index contributed by atoms with van der Waals surface area (Å²) in [6, 6.07) is 18.8. The summed E-state index contributed by atoms with van der Waals surface area (Å²) < 4.78 is 0. The van der Waals surface area contributed by atoms with Gasteiger partial charge in [0.05, 0.1) is 6.21 Å². The van der Waals surface area contributed by atoms with Crippen molar-refractivity contribution in [3.8, 4) is 0 Å². The highest BCUT2D eigenvalue weighted by Gasteiger charge is 2.12.